The lowest BCUT2D eigenvalue weighted by molar-refractivity contribution is -0.117. The number of amides is 1. The molecule has 0 radical (unpaired) electrons. The number of fused-ring (bicyclic) bond motifs is 2. The summed E-state index contributed by atoms with van der Waals surface area (Å²) in [5, 5.41) is 12.0. The minimum absolute atomic E-state index is 0.0262. The maximum atomic E-state index is 13.9. The molecule has 1 amide bonds. The van der Waals surface area contributed by atoms with Crippen molar-refractivity contribution in [3.05, 3.63) is 95.2 Å². The van der Waals surface area contributed by atoms with Gasteiger partial charge in [-0.05, 0) is 55.0 Å². The Bertz CT molecular complexity index is 1770. The molecule has 196 valence electrons. The third-order valence-corrected chi connectivity index (χ3v) is 7.47. The van der Waals surface area contributed by atoms with E-state index in [2.05, 4.69) is 4.98 Å². The van der Waals surface area contributed by atoms with Gasteiger partial charge in [-0.25, -0.2) is 9.37 Å². The van der Waals surface area contributed by atoms with E-state index >= 15 is 0 Å². The Morgan fingerprint density at radius 1 is 1.13 bits per heavy atom. The summed E-state index contributed by atoms with van der Waals surface area (Å²) in [5.41, 5.74) is 1.27. The summed E-state index contributed by atoms with van der Waals surface area (Å²) in [4.78, 5) is 33.2. The van der Waals surface area contributed by atoms with Crippen LogP contribution in [0.5, 0.6) is 11.5 Å². The molecule has 8 nitrogen and oxygen atoms in total. The Morgan fingerprint density at radius 3 is 2.72 bits per heavy atom. The average Bonchev–Trinajstić information content (AvgIpc) is 3.62. The number of para-hydroxylation sites is 1. The monoisotopic (exact) mass is 544 g/mol. The van der Waals surface area contributed by atoms with Gasteiger partial charge in [0.1, 0.15) is 11.4 Å². The molecule has 1 unspecified atom stereocenters. The van der Waals surface area contributed by atoms with Gasteiger partial charge in [0.15, 0.2) is 28.1 Å². The lowest BCUT2D eigenvalue weighted by Crippen LogP contribution is -2.31. The number of ether oxygens (including phenoxy) is 2. The highest BCUT2D eigenvalue weighted by Gasteiger charge is 2.47. The number of hydrogen-bond acceptors (Lipinski definition) is 8. The van der Waals surface area contributed by atoms with Crippen molar-refractivity contribution in [3.8, 4) is 11.5 Å². The first kappa shape index (κ1) is 24.6. The Balaban J connectivity index is 1.52. The van der Waals surface area contributed by atoms with Gasteiger partial charge in [-0.15, -0.1) is 0 Å². The smallest absolute Gasteiger partial charge is 0.296 e. The molecule has 0 saturated heterocycles. The molecule has 0 bridgehead atoms. The summed E-state index contributed by atoms with van der Waals surface area (Å²) in [5.74, 6) is -1.79. The minimum Gasteiger partial charge on any atom is -0.503 e. The molecule has 1 N–H and O–H groups in total. The number of benzene rings is 3. The van der Waals surface area contributed by atoms with Crippen molar-refractivity contribution >= 4 is 49.3 Å². The number of carbonyl (C=O) groups is 2. The van der Waals surface area contributed by atoms with Gasteiger partial charge in [0, 0.05) is 5.39 Å². The summed E-state index contributed by atoms with van der Waals surface area (Å²) in [6, 6.07) is 16.7. The molecule has 39 heavy (non-hydrogen) atoms. The van der Waals surface area contributed by atoms with E-state index in [0.29, 0.717) is 44.9 Å². The molecular weight excluding hydrogens is 523 g/mol. The van der Waals surface area contributed by atoms with Gasteiger partial charge in [0.05, 0.1) is 35.5 Å². The molecule has 1 aliphatic rings. The summed E-state index contributed by atoms with van der Waals surface area (Å²) in [6.45, 7) is 2.24. The second-order valence-electron chi connectivity index (χ2n) is 8.77. The fourth-order valence-electron chi connectivity index (χ4n) is 4.69. The highest BCUT2D eigenvalue weighted by Crippen LogP contribution is 2.46. The zero-order valence-electron chi connectivity index (χ0n) is 20.8. The topological polar surface area (TPSA) is 102 Å². The van der Waals surface area contributed by atoms with Gasteiger partial charge in [0.2, 0.25) is 5.78 Å². The van der Waals surface area contributed by atoms with Gasteiger partial charge in [0.25, 0.3) is 5.91 Å². The van der Waals surface area contributed by atoms with E-state index in [1.807, 2.05) is 13.0 Å². The average molecular weight is 545 g/mol. The number of nitrogens with zero attached hydrogens (tertiary/aromatic N) is 2. The van der Waals surface area contributed by atoms with Crippen LogP contribution in [0.4, 0.5) is 9.52 Å². The van der Waals surface area contributed by atoms with E-state index in [4.69, 9.17) is 13.9 Å². The standard InChI is InChI=1S/C29H21FN2O6S/c1-3-37-20-11-8-16(13-21(20)36-2)25-24(26(33)22-12-15-6-4-5-7-19(15)38-22)27(34)28(35)32(25)29-31-18-10-9-17(30)14-23(18)39-29/h4-14,25,34H,3H2,1-2H3. The Hall–Kier alpha value is -4.70. The summed E-state index contributed by atoms with van der Waals surface area (Å²) < 4.78 is 31.3. The number of aromatic nitrogens is 1. The van der Waals surface area contributed by atoms with Gasteiger partial charge in [-0.1, -0.05) is 35.6 Å². The SMILES string of the molecule is CCOc1ccc(C2C(C(=O)c3cc4ccccc4o3)=C(O)C(=O)N2c2nc3ccc(F)cc3s2)cc1OC. The van der Waals surface area contributed by atoms with Crippen LogP contribution in [0.15, 0.2) is 82.5 Å². The first-order valence-electron chi connectivity index (χ1n) is 12.1. The number of ketones is 1. The normalized spacial score (nSPS) is 15.5. The molecule has 3 heterocycles. The molecule has 0 fully saturated rings. The maximum absolute atomic E-state index is 13.9. The fourth-order valence-corrected chi connectivity index (χ4v) is 5.71. The zero-order valence-corrected chi connectivity index (χ0v) is 21.6. The molecule has 5 aromatic rings. The van der Waals surface area contributed by atoms with E-state index in [1.54, 1.807) is 42.5 Å². The minimum atomic E-state index is -1.08. The fraction of sp³-hybridized carbons (Fsp3) is 0.138. The number of rotatable bonds is 7. The Kier molecular flexibility index (Phi) is 6.03. The number of hydrogen-bond donors (Lipinski definition) is 1. The number of halogens is 1. The van der Waals surface area contributed by atoms with E-state index in [9.17, 15) is 19.1 Å². The van der Waals surface area contributed by atoms with Crippen molar-refractivity contribution in [1.82, 2.24) is 4.98 Å². The van der Waals surface area contributed by atoms with Gasteiger partial charge < -0.3 is 19.0 Å². The third kappa shape index (κ3) is 4.09. The molecule has 0 aliphatic carbocycles. The molecule has 0 spiro atoms. The lowest BCUT2D eigenvalue weighted by atomic mass is 9.95. The largest absolute Gasteiger partial charge is 0.503 e. The molecule has 3 aromatic carbocycles. The number of furan rings is 1. The van der Waals surface area contributed by atoms with Crippen LogP contribution in [0.25, 0.3) is 21.2 Å². The number of Topliss-reactive ketones (excluding diaryl/α,β-unsaturated/α-hetero) is 1. The summed E-state index contributed by atoms with van der Waals surface area (Å²) in [6.07, 6.45) is 0. The molecule has 10 heteroatoms. The Morgan fingerprint density at radius 2 is 1.95 bits per heavy atom. The highest BCUT2D eigenvalue weighted by atomic mass is 32.1. The number of thiazole rings is 1. The van der Waals surface area contributed by atoms with Crippen molar-refractivity contribution in [2.45, 2.75) is 13.0 Å². The number of aliphatic hydroxyl groups excluding tert-OH is 1. The third-order valence-electron chi connectivity index (χ3n) is 6.45. The van der Waals surface area contributed by atoms with E-state index in [0.717, 1.165) is 11.3 Å². The van der Waals surface area contributed by atoms with E-state index in [-0.39, 0.29) is 16.5 Å². The van der Waals surface area contributed by atoms with Crippen LogP contribution in [0.1, 0.15) is 29.1 Å². The highest BCUT2D eigenvalue weighted by molar-refractivity contribution is 7.22. The molecule has 1 atom stereocenters. The van der Waals surface area contributed by atoms with Crippen LogP contribution in [-0.4, -0.2) is 35.5 Å². The van der Waals surface area contributed by atoms with Gasteiger partial charge >= 0.3 is 0 Å². The predicted octanol–water partition coefficient (Wildman–Crippen LogP) is 6.37. The first-order valence-corrected chi connectivity index (χ1v) is 12.9. The lowest BCUT2D eigenvalue weighted by Gasteiger charge is -2.25. The van der Waals surface area contributed by atoms with E-state index in [1.165, 1.54) is 30.2 Å². The first-order chi connectivity index (χ1) is 18.9. The van der Waals surface area contributed by atoms with Crippen molar-refractivity contribution in [2.24, 2.45) is 0 Å². The Labute approximate surface area is 225 Å². The van der Waals surface area contributed by atoms with Crippen LogP contribution >= 0.6 is 11.3 Å². The number of methoxy groups -OCH3 is 1. The predicted molar refractivity (Wildman–Crippen MR) is 144 cm³/mol. The number of anilines is 1. The number of aliphatic hydroxyl groups is 1. The quantitative estimate of drug-likeness (QED) is 0.238. The second-order valence-corrected chi connectivity index (χ2v) is 9.78. The summed E-state index contributed by atoms with van der Waals surface area (Å²) >= 11 is 1.07. The molecule has 2 aromatic heterocycles. The summed E-state index contributed by atoms with van der Waals surface area (Å²) in [7, 11) is 1.48. The molecule has 1 aliphatic heterocycles. The zero-order chi connectivity index (χ0) is 27.3. The number of carbonyl (C=O) groups excluding carboxylic acids is 2. The van der Waals surface area contributed by atoms with Gasteiger partial charge in [-0.3, -0.25) is 14.5 Å². The maximum Gasteiger partial charge on any atom is 0.296 e. The molecular formula is C29H21FN2O6S. The van der Waals surface area contributed by atoms with Crippen LogP contribution in [0.2, 0.25) is 0 Å². The van der Waals surface area contributed by atoms with E-state index < -0.39 is 29.3 Å². The molecule has 0 saturated carbocycles. The van der Waals surface area contributed by atoms with Crippen molar-refractivity contribution in [1.29, 1.82) is 0 Å². The van der Waals surface area contributed by atoms with Crippen molar-refractivity contribution in [3.63, 3.8) is 0 Å². The van der Waals surface area contributed by atoms with Crippen LogP contribution < -0.4 is 14.4 Å². The second kappa shape index (κ2) is 9.55. The molecule has 6 rings (SSSR count). The van der Waals surface area contributed by atoms with Crippen molar-refractivity contribution < 1.29 is 33.0 Å². The van der Waals surface area contributed by atoms with Crippen LogP contribution in [0.3, 0.4) is 0 Å². The van der Waals surface area contributed by atoms with Crippen LogP contribution in [0, 0.1) is 5.82 Å². The van der Waals surface area contributed by atoms with Crippen molar-refractivity contribution in [2.75, 3.05) is 18.6 Å². The van der Waals surface area contributed by atoms with Gasteiger partial charge in [-0.2, -0.15) is 0 Å². The van der Waals surface area contributed by atoms with Crippen LogP contribution in [-0.2, 0) is 4.79 Å².